The van der Waals surface area contributed by atoms with Crippen LogP contribution in [0.2, 0.25) is 0 Å². The van der Waals surface area contributed by atoms with Crippen LogP contribution < -0.4 is 5.32 Å². The van der Waals surface area contributed by atoms with E-state index in [1.165, 1.54) is 0 Å². The highest BCUT2D eigenvalue weighted by Gasteiger charge is 2.07. The maximum absolute atomic E-state index is 4.49. The Balaban J connectivity index is 2.14. The van der Waals surface area contributed by atoms with Gasteiger partial charge in [-0.15, -0.1) is 0 Å². The Morgan fingerprint density at radius 2 is 1.80 bits per heavy atom. The first-order valence-electron chi connectivity index (χ1n) is 4.73. The second-order valence-electron chi connectivity index (χ2n) is 3.27. The van der Waals surface area contributed by atoms with Gasteiger partial charge in [0.1, 0.15) is 5.69 Å². The van der Waals surface area contributed by atoms with Crippen LogP contribution in [-0.4, -0.2) is 10.8 Å². The molecule has 1 aromatic heterocycles. The smallest absolute Gasteiger partial charge is 0.178 e. The topological polar surface area (TPSA) is 39.4 Å². The summed E-state index contributed by atoms with van der Waals surface area (Å²) in [6, 6.07) is 12.0. The van der Waals surface area contributed by atoms with Crippen LogP contribution in [0.3, 0.4) is 0 Å². The van der Waals surface area contributed by atoms with Gasteiger partial charge >= 0.3 is 0 Å². The summed E-state index contributed by atoms with van der Waals surface area (Å²) < 4.78 is 0. The third-order valence-electron chi connectivity index (χ3n) is 2.29. The van der Waals surface area contributed by atoms with Gasteiger partial charge in [-0.05, 0) is 12.1 Å². The highest BCUT2D eigenvalue weighted by molar-refractivity contribution is 6.00. The number of pyridine rings is 1. The predicted molar refractivity (Wildman–Crippen MR) is 59.6 cm³/mol. The molecule has 2 heterocycles. The molecule has 1 aliphatic heterocycles. The summed E-state index contributed by atoms with van der Waals surface area (Å²) >= 11 is 0. The number of nitrogens with zero attached hydrogens (tertiary/aromatic N) is 3. The molecule has 1 aromatic carbocycles. The van der Waals surface area contributed by atoms with Crippen molar-refractivity contribution in [2.24, 2.45) is 4.99 Å². The molecule has 3 heteroatoms. The summed E-state index contributed by atoms with van der Waals surface area (Å²) in [4.78, 5) is 8.61. The largest absolute Gasteiger partial charge is 0.244 e. The minimum Gasteiger partial charge on any atom is -0.244 e. The highest BCUT2D eigenvalue weighted by atomic mass is 15.0. The van der Waals surface area contributed by atoms with E-state index in [2.05, 4.69) is 15.3 Å². The molecule has 0 amide bonds. The Labute approximate surface area is 87.2 Å². The summed E-state index contributed by atoms with van der Waals surface area (Å²) in [5.74, 6) is 0.681. The quantitative estimate of drug-likeness (QED) is 0.685. The van der Waals surface area contributed by atoms with Gasteiger partial charge in [0.05, 0.1) is 5.52 Å². The zero-order valence-corrected chi connectivity index (χ0v) is 7.96. The minimum atomic E-state index is 0.681. The van der Waals surface area contributed by atoms with Gasteiger partial charge in [-0.2, -0.15) is 0 Å². The van der Waals surface area contributed by atoms with Crippen molar-refractivity contribution in [2.75, 3.05) is 0 Å². The molecular weight excluding hydrogens is 186 g/mol. The summed E-state index contributed by atoms with van der Waals surface area (Å²) in [6.45, 7) is 0. The number of benzene rings is 1. The van der Waals surface area contributed by atoms with Gasteiger partial charge in [-0.3, -0.25) is 0 Å². The molecule has 1 aliphatic rings. The van der Waals surface area contributed by atoms with E-state index >= 15 is 0 Å². The molecule has 0 saturated heterocycles. The number of aromatic nitrogens is 1. The van der Waals surface area contributed by atoms with Crippen LogP contribution in [0.25, 0.3) is 10.9 Å². The van der Waals surface area contributed by atoms with Gasteiger partial charge in [0.15, 0.2) is 5.84 Å². The summed E-state index contributed by atoms with van der Waals surface area (Å²) in [7, 11) is 0. The van der Waals surface area contributed by atoms with E-state index in [9.17, 15) is 0 Å². The van der Waals surface area contributed by atoms with E-state index in [4.69, 9.17) is 0 Å². The standard InChI is InChI=1S/C12H8N3/c1-2-4-10-9(3-1)5-6-11(15-10)12-13-7-8-14-12/h1-8H. The molecule has 15 heavy (non-hydrogen) atoms. The number of para-hydroxylation sites is 1. The number of hydrogen-bond acceptors (Lipinski definition) is 2. The van der Waals surface area contributed by atoms with Crippen molar-refractivity contribution in [3.8, 4) is 0 Å². The number of aliphatic imine (C=N–C) groups is 1. The Kier molecular flexibility index (Phi) is 1.75. The van der Waals surface area contributed by atoms with Crippen LogP contribution in [0.15, 0.2) is 53.8 Å². The van der Waals surface area contributed by atoms with Gasteiger partial charge < -0.3 is 0 Å². The average Bonchev–Trinajstić information content (AvgIpc) is 2.82. The average molecular weight is 194 g/mol. The van der Waals surface area contributed by atoms with E-state index in [0.717, 1.165) is 16.6 Å². The van der Waals surface area contributed by atoms with E-state index in [1.807, 2.05) is 36.4 Å². The normalized spacial score (nSPS) is 14.0. The molecule has 3 rings (SSSR count). The number of hydrogen-bond donors (Lipinski definition) is 0. The van der Waals surface area contributed by atoms with E-state index in [0.29, 0.717) is 5.84 Å². The van der Waals surface area contributed by atoms with Crippen molar-refractivity contribution in [2.45, 2.75) is 0 Å². The maximum atomic E-state index is 4.49. The fraction of sp³-hybridized carbons (Fsp3) is 0. The third-order valence-corrected chi connectivity index (χ3v) is 2.29. The fourth-order valence-corrected chi connectivity index (χ4v) is 1.56. The highest BCUT2D eigenvalue weighted by Crippen LogP contribution is 2.12. The molecule has 0 aliphatic carbocycles. The molecule has 0 N–H and O–H groups in total. The van der Waals surface area contributed by atoms with Crippen molar-refractivity contribution in [1.82, 2.24) is 10.3 Å². The predicted octanol–water partition coefficient (Wildman–Crippen LogP) is 2.07. The molecule has 2 aromatic rings. The van der Waals surface area contributed by atoms with E-state index < -0.39 is 0 Å². The van der Waals surface area contributed by atoms with Crippen LogP contribution in [0.1, 0.15) is 5.69 Å². The lowest BCUT2D eigenvalue weighted by Crippen LogP contribution is -2.09. The first-order valence-corrected chi connectivity index (χ1v) is 4.73. The monoisotopic (exact) mass is 194 g/mol. The first-order chi connectivity index (χ1) is 7.43. The SMILES string of the molecule is C1=CN=C(c2ccc3ccccc3n2)[N]1. The molecule has 0 bridgehead atoms. The summed E-state index contributed by atoms with van der Waals surface area (Å²) in [5.41, 5.74) is 1.79. The fourth-order valence-electron chi connectivity index (χ4n) is 1.56. The first kappa shape index (κ1) is 8.17. The Hall–Kier alpha value is -2.16. The maximum Gasteiger partial charge on any atom is 0.178 e. The molecule has 0 atom stereocenters. The Bertz CT molecular complexity index is 570. The van der Waals surface area contributed by atoms with E-state index in [1.54, 1.807) is 12.4 Å². The van der Waals surface area contributed by atoms with Crippen LogP contribution in [-0.2, 0) is 0 Å². The number of rotatable bonds is 1. The van der Waals surface area contributed by atoms with E-state index in [-0.39, 0.29) is 0 Å². The molecule has 1 radical (unpaired) electrons. The lowest BCUT2D eigenvalue weighted by molar-refractivity contribution is 1.24. The molecular formula is C12H8N3. The second-order valence-corrected chi connectivity index (χ2v) is 3.27. The lowest BCUT2D eigenvalue weighted by Gasteiger charge is -2.01. The Morgan fingerprint density at radius 1 is 0.867 bits per heavy atom. The molecule has 71 valence electrons. The van der Waals surface area contributed by atoms with Crippen LogP contribution >= 0.6 is 0 Å². The molecule has 0 saturated carbocycles. The summed E-state index contributed by atoms with van der Waals surface area (Å²) in [5, 5.41) is 5.25. The zero-order chi connectivity index (χ0) is 10.1. The van der Waals surface area contributed by atoms with Crippen LogP contribution in [0.5, 0.6) is 0 Å². The lowest BCUT2D eigenvalue weighted by atomic mass is 10.2. The molecule has 0 fully saturated rings. The van der Waals surface area contributed by atoms with Crippen molar-refractivity contribution in [3.63, 3.8) is 0 Å². The van der Waals surface area contributed by atoms with Gasteiger partial charge in [-0.1, -0.05) is 24.3 Å². The molecule has 0 spiro atoms. The summed E-state index contributed by atoms with van der Waals surface area (Å²) in [6.07, 6.45) is 3.35. The van der Waals surface area contributed by atoms with Gasteiger partial charge in [0.25, 0.3) is 0 Å². The number of amidine groups is 1. The van der Waals surface area contributed by atoms with Crippen molar-refractivity contribution in [3.05, 3.63) is 54.5 Å². The van der Waals surface area contributed by atoms with Crippen LogP contribution in [0, 0.1) is 0 Å². The van der Waals surface area contributed by atoms with Gasteiger partial charge in [-0.25, -0.2) is 15.3 Å². The van der Waals surface area contributed by atoms with Crippen LogP contribution in [0.4, 0.5) is 0 Å². The van der Waals surface area contributed by atoms with Gasteiger partial charge in [0.2, 0.25) is 0 Å². The second kappa shape index (κ2) is 3.20. The van der Waals surface area contributed by atoms with Crippen molar-refractivity contribution < 1.29 is 0 Å². The van der Waals surface area contributed by atoms with Crippen molar-refractivity contribution in [1.29, 1.82) is 0 Å². The molecule has 0 unspecified atom stereocenters. The third kappa shape index (κ3) is 1.38. The Morgan fingerprint density at radius 3 is 2.67 bits per heavy atom. The minimum absolute atomic E-state index is 0.681. The van der Waals surface area contributed by atoms with Crippen molar-refractivity contribution >= 4 is 16.7 Å². The zero-order valence-electron chi connectivity index (χ0n) is 7.96. The number of fused-ring (bicyclic) bond motifs is 1. The van der Waals surface area contributed by atoms with Gasteiger partial charge in [0, 0.05) is 17.8 Å². The molecule has 3 nitrogen and oxygen atoms in total.